The number of rotatable bonds is 5. The Morgan fingerprint density at radius 1 is 1.38 bits per heavy atom. The summed E-state index contributed by atoms with van der Waals surface area (Å²) in [7, 11) is 0. The molecule has 1 aliphatic rings. The SMILES string of the molecule is CC1(C)CC(Nc2ccc(C(=O)NCCO)cc2)CCO1. The zero-order valence-corrected chi connectivity index (χ0v) is 12.7. The van der Waals surface area contributed by atoms with Gasteiger partial charge in [0.2, 0.25) is 0 Å². The molecule has 5 nitrogen and oxygen atoms in total. The standard InChI is InChI=1S/C16H24N2O3/c1-16(2)11-14(7-10-21-16)18-13-5-3-12(4-6-13)15(20)17-8-9-19/h3-6,14,18-19H,7-11H2,1-2H3,(H,17,20). The van der Waals surface area contributed by atoms with E-state index in [9.17, 15) is 4.79 Å². The third-order valence-corrected chi connectivity index (χ3v) is 3.61. The number of benzene rings is 1. The van der Waals surface area contributed by atoms with Crippen molar-refractivity contribution >= 4 is 11.6 Å². The Hall–Kier alpha value is -1.59. The minimum absolute atomic E-state index is 0.0507. The molecule has 116 valence electrons. The van der Waals surface area contributed by atoms with E-state index >= 15 is 0 Å². The van der Waals surface area contributed by atoms with Gasteiger partial charge >= 0.3 is 0 Å². The molecule has 0 aliphatic carbocycles. The molecule has 1 aliphatic heterocycles. The fourth-order valence-electron chi connectivity index (χ4n) is 2.58. The van der Waals surface area contributed by atoms with Gasteiger partial charge < -0.3 is 20.5 Å². The lowest BCUT2D eigenvalue weighted by Crippen LogP contribution is -2.40. The van der Waals surface area contributed by atoms with Gasteiger partial charge in [-0.15, -0.1) is 0 Å². The van der Waals surface area contributed by atoms with Gasteiger partial charge in [0.05, 0.1) is 12.2 Å². The van der Waals surface area contributed by atoms with Gasteiger partial charge in [-0.3, -0.25) is 4.79 Å². The highest BCUT2D eigenvalue weighted by Crippen LogP contribution is 2.26. The van der Waals surface area contributed by atoms with Crippen molar-refractivity contribution in [3.05, 3.63) is 29.8 Å². The van der Waals surface area contributed by atoms with E-state index in [-0.39, 0.29) is 24.7 Å². The molecule has 1 amide bonds. The lowest BCUT2D eigenvalue weighted by Gasteiger charge is -2.36. The van der Waals surface area contributed by atoms with Crippen LogP contribution in [0.2, 0.25) is 0 Å². The Morgan fingerprint density at radius 2 is 2.10 bits per heavy atom. The van der Waals surface area contributed by atoms with E-state index in [1.165, 1.54) is 0 Å². The first-order valence-corrected chi connectivity index (χ1v) is 7.40. The van der Waals surface area contributed by atoms with Crippen molar-refractivity contribution in [2.75, 3.05) is 25.1 Å². The van der Waals surface area contributed by atoms with E-state index in [1.54, 1.807) is 12.1 Å². The summed E-state index contributed by atoms with van der Waals surface area (Å²) in [6.45, 7) is 5.21. The summed E-state index contributed by atoms with van der Waals surface area (Å²) in [5.74, 6) is -0.164. The van der Waals surface area contributed by atoms with Gasteiger partial charge in [0.25, 0.3) is 5.91 Å². The molecule has 1 unspecified atom stereocenters. The van der Waals surface area contributed by atoms with Gasteiger partial charge in [-0.25, -0.2) is 0 Å². The quantitative estimate of drug-likeness (QED) is 0.773. The van der Waals surface area contributed by atoms with Crippen LogP contribution in [0.3, 0.4) is 0 Å². The highest BCUT2D eigenvalue weighted by atomic mass is 16.5. The molecular formula is C16H24N2O3. The molecule has 0 aromatic heterocycles. The third kappa shape index (κ3) is 4.72. The number of amides is 1. The summed E-state index contributed by atoms with van der Waals surface area (Å²) in [6.07, 6.45) is 1.95. The molecule has 1 aromatic carbocycles. The van der Waals surface area contributed by atoms with Crippen molar-refractivity contribution in [1.82, 2.24) is 5.32 Å². The number of ether oxygens (including phenoxy) is 1. The number of carbonyl (C=O) groups excluding carboxylic acids is 1. The molecule has 0 bridgehead atoms. The Bertz CT molecular complexity index is 471. The zero-order valence-electron chi connectivity index (χ0n) is 12.7. The van der Waals surface area contributed by atoms with Crippen molar-refractivity contribution in [1.29, 1.82) is 0 Å². The van der Waals surface area contributed by atoms with E-state index < -0.39 is 0 Å². The van der Waals surface area contributed by atoms with Crippen LogP contribution in [0, 0.1) is 0 Å². The van der Waals surface area contributed by atoms with Crippen molar-refractivity contribution in [2.45, 2.75) is 38.3 Å². The minimum atomic E-state index is -0.164. The van der Waals surface area contributed by atoms with Crippen LogP contribution in [0.4, 0.5) is 5.69 Å². The zero-order chi connectivity index (χ0) is 15.3. The average Bonchev–Trinajstić information content (AvgIpc) is 2.44. The minimum Gasteiger partial charge on any atom is -0.395 e. The van der Waals surface area contributed by atoms with E-state index in [4.69, 9.17) is 9.84 Å². The Kier molecular flexibility index (Phi) is 5.20. The first-order chi connectivity index (χ1) is 10.00. The lowest BCUT2D eigenvalue weighted by atomic mass is 9.94. The number of aliphatic hydroxyl groups excluding tert-OH is 1. The Labute approximate surface area is 125 Å². The van der Waals surface area contributed by atoms with Gasteiger partial charge in [-0.1, -0.05) is 0 Å². The molecule has 3 N–H and O–H groups in total. The topological polar surface area (TPSA) is 70.6 Å². The van der Waals surface area contributed by atoms with E-state index in [0.29, 0.717) is 11.6 Å². The van der Waals surface area contributed by atoms with Gasteiger partial charge in [0.15, 0.2) is 0 Å². The highest BCUT2D eigenvalue weighted by Gasteiger charge is 2.28. The summed E-state index contributed by atoms with van der Waals surface area (Å²) in [5, 5.41) is 14.8. The van der Waals surface area contributed by atoms with E-state index in [1.807, 2.05) is 12.1 Å². The molecular weight excluding hydrogens is 268 g/mol. The molecule has 0 radical (unpaired) electrons. The molecule has 1 aromatic rings. The maximum Gasteiger partial charge on any atom is 0.251 e. The molecule has 0 saturated carbocycles. The summed E-state index contributed by atoms with van der Waals surface area (Å²) >= 11 is 0. The van der Waals surface area contributed by atoms with Crippen LogP contribution < -0.4 is 10.6 Å². The maximum atomic E-state index is 11.7. The van der Waals surface area contributed by atoms with E-state index in [2.05, 4.69) is 24.5 Å². The number of aliphatic hydroxyl groups is 1. The predicted octanol–water partition coefficient (Wildman–Crippen LogP) is 1.78. The third-order valence-electron chi connectivity index (χ3n) is 3.61. The Morgan fingerprint density at radius 3 is 2.71 bits per heavy atom. The van der Waals surface area contributed by atoms with Crippen LogP contribution >= 0.6 is 0 Å². The number of carbonyl (C=O) groups is 1. The smallest absolute Gasteiger partial charge is 0.251 e. The van der Waals surface area contributed by atoms with Crippen molar-refractivity contribution in [3.8, 4) is 0 Å². The average molecular weight is 292 g/mol. The van der Waals surface area contributed by atoms with Gasteiger partial charge in [-0.05, 0) is 51.0 Å². The fourth-order valence-corrected chi connectivity index (χ4v) is 2.58. The second-order valence-corrected chi connectivity index (χ2v) is 6.00. The van der Waals surface area contributed by atoms with E-state index in [0.717, 1.165) is 25.1 Å². The molecule has 1 atom stereocenters. The molecule has 21 heavy (non-hydrogen) atoms. The number of hydrogen-bond acceptors (Lipinski definition) is 4. The highest BCUT2D eigenvalue weighted by molar-refractivity contribution is 5.94. The number of hydrogen-bond donors (Lipinski definition) is 3. The van der Waals surface area contributed by atoms with Crippen LogP contribution in [0.15, 0.2) is 24.3 Å². The molecule has 0 spiro atoms. The second-order valence-electron chi connectivity index (χ2n) is 6.00. The molecule has 1 saturated heterocycles. The summed E-state index contributed by atoms with van der Waals surface area (Å²) in [4.78, 5) is 11.7. The molecule has 5 heteroatoms. The van der Waals surface area contributed by atoms with Crippen LogP contribution in [-0.2, 0) is 4.74 Å². The van der Waals surface area contributed by atoms with Crippen molar-refractivity contribution in [3.63, 3.8) is 0 Å². The molecule has 1 heterocycles. The first kappa shape index (κ1) is 15.8. The first-order valence-electron chi connectivity index (χ1n) is 7.40. The summed E-state index contributed by atoms with van der Waals surface area (Å²) in [5.41, 5.74) is 1.53. The number of nitrogens with one attached hydrogen (secondary N) is 2. The monoisotopic (exact) mass is 292 g/mol. The summed E-state index contributed by atoms with van der Waals surface area (Å²) < 4.78 is 5.71. The van der Waals surface area contributed by atoms with Gasteiger partial charge in [-0.2, -0.15) is 0 Å². The fraction of sp³-hybridized carbons (Fsp3) is 0.562. The largest absolute Gasteiger partial charge is 0.395 e. The normalized spacial score (nSPS) is 20.8. The van der Waals surface area contributed by atoms with Crippen molar-refractivity contribution in [2.24, 2.45) is 0 Å². The number of anilines is 1. The maximum absolute atomic E-state index is 11.7. The van der Waals surface area contributed by atoms with Crippen LogP contribution in [0.25, 0.3) is 0 Å². The van der Waals surface area contributed by atoms with Gasteiger partial charge in [0, 0.05) is 30.4 Å². The van der Waals surface area contributed by atoms with Gasteiger partial charge in [0.1, 0.15) is 0 Å². The second kappa shape index (κ2) is 6.91. The van der Waals surface area contributed by atoms with Crippen molar-refractivity contribution < 1.29 is 14.6 Å². The lowest BCUT2D eigenvalue weighted by molar-refractivity contribution is -0.0553. The van der Waals surface area contributed by atoms with Crippen LogP contribution in [0.5, 0.6) is 0 Å². The predicted molar refractivity (Wildman–Crippen MR) is 82.5 cm³/mol. The van der Waals surface area contributed by atoms with Crippen LogP contribution in [0.1, 0.15) is 37.0 Å². The van der Waals surface area contributed by atoms with Crippen LogP contribution in [-0.4, -0.2) is 42.4 Å². The molecule has 1 fully saturated rings. The Balaban J connectivity index is 1.91. The molecule has 2 rings (SSSR count). The summed E-state index contributed by atoms with van der Waals surface area (Å²) in [6, 6.07) is 7.80.